The molecule has 2 atom stereocenters. The van der Waals surface area contributed by atoms with Crippen molar-refractivity contribution in [2.75, 3.05) is 12.4 Å². The average molecular weight is 467 g/mol. The SMILES string of the molecule is COc1c(Cl)cc(NC(=O)C2C(c3ccc(F)c(Cl)c3)C2(Cl)Cl)cc1C(=O)O. The first-order chi connectivity index (χ1) is 13.1. The molecule has 0 heterocycles. The number of carbonyl (C=O) groups is 2. The maximum absolute atomic E-state index is 13.4. The Morgan fingerprint density at radius 3 is 2.43 bits per heavy atom. The molecule has 2 aromatic carbocycles. The highest BCUT2D eigenvalue weighted by molar-refractivity contribution is 6.53. The van der Waals surface area contributed by atoms with Gasteiger partial charge in [-0.05, 0) is 29.8 Å². The first-order valence-corrected chi connectivity index (χ1v) is 9.33. The molecule has 5 nitrogen and oxygen atoms in total. The van der Waals surface area contributed by atoms with Crippen LogP contribution in [0.5, 0.6) is 5.75 Å². The molecule has 3 rings (SSSR count). The molecule has 0 saturated heterocycles. The number of aromatic carboxylic acids is 1. The van der Waals surface area contributed by atoms with E-state index in [1.807, 2.05) is 0 Å². The second kappa shape index (κ2) is 7.59. The fourth-order valence-corrected chi connectivity index (χ4v) is 4.34. The first kappa shape index (κ1) is 21.0. The quantitative estimate of drug-likeness (QED) is 0.581. The predicted molar refractivity (Wildman–Crippen MR) is 106 cm³/mol. The van der Waals surface area contributed by atoms with Crippen molar-refractivity contribution in [2.24, 2.45) is 5.92 Å². The number of hydrogen-bond donors (Lipinski definition) is 2. The monoisotopic (exact) mass is 465 g/mol. The summed E-state index contributed by atoms with van der Waals surface area (Å²) >= 11 is 24.3. The van der Waals surface area contributed by atoms with E-state index >= 15 is 0 Å². The van der Waals surface area contributed by atoms with Gasteiger partial charge < -0.3 is 15.2 Å². The highest BCUT2D eigenvalue weighted by atomic mass is 35.5. The number of amides is 1. The molecule has 1 fully saturated rings. The van der Waals surface area contributed by atoms with Gasteiger partial charge in [-0.15, -0.1) is 23.2 Å². The number of hydrogen-bond acceptors (Lipinski definition) is 3. The van der Waals surface area contributed by atoms with Crippen molar-refractivity contribution in [3.63, 3.8) is 0 Å². The van der Waals surface area contributed by atoms with Crippen molar-refractivity contribution >= 4 is 64.0 Å². The minimum Gasteiger partial charge on any atom is -0.494 e. The summed E-state index contributed by atoms with van der Waals surface area (Å²) in [5.41, 5.74) is 0.432. The van der Waals surface area contributed by atoms with Gasteiger partial charge in [0.2, 0.25) is 5.91 Å². The minimum atomic E-state index is -1.42. The van der Waals surface area contributed by atoms with Crippen LogP contribution in [0.1, 0.15) is 21.8 Å². The topological polar surface area (TPSA) is 75.6 Å². The van der Waals surface area contributed by atoms with E-state index in [2.05, 4.69) is 5.32 Å². The van der Waals surface area contributed by atoms with Gasteiger partial charge in [-0.1, -0.05) is 29.3 Å². The maximum Gasteiger partial charge on any atom is 0.339 e. The lowest BCUT2D eigenvalue weighted by Gasteiger charge is -2.11. The first-order valence-electron chi connectivity index (χ1n) is 7.82. The number of carboxylic acid groups (broad SMARTS) is 1. The van der Waals surface area contributed by atoms with Gasteiger partial charge in [0.15, 0.2) is 5.75 Å². The van der Waals surface area contributed by atoms with Gasteiger partial charge in [0.25, 0.3) is 0 Å². The van der Waals surface area contributed by atoms with Gasteiger partial charge in [0, 0.05) is 11.6 Å². The third-order valence-electron chi connectivity index (χ3n) is 4.38. The molecule has 1 aliphatic rings. The van der Waals surface area contributed by atoms with Crippen LogP contribution in [0.4, 0.5) is 10.1 Å². The molecule has 0 bridgehead atoms. The van der Waals surface area contributed by atoms with Crippen LogP contribution in [0.2, 0.25) is 10.0 Å². The Hall–Kier alpha value is -1.73. The number of rotatable bonds is 5. The maximum atomic E-state index is 13.4. The van der Waals surface area contributed by atoms with Gasteiger partial charge >= 0.3 is 5.97 Å². The molecule has 1 saturated carbocycles. The van der Waals surface area contributed by atoms with Crippen LogP contribution in [0.25, 0.3) is 0 Å². The standard InChI is InChI=1S/C18H12Cl4FNO4/c1-28-15-9(17(26)27)5-8(6-11(15)20)24-16(25)14-13(18(14,21)22)7-2-3-12(23)10(19)4-7/h2-6,13-14H,1H3,(H,24,25)(H,26,27). The van der Waals surface area contributed by atoms with E-state index in [1.165, 1.54) is 31.4 Å². The van der Waals surface area contributed by atoms with Crippen LogP contribution in [0.15, 0.2) is 30.3 Å². The highest BCUT2D eigenvalue weighted by Crippen LogP contribution is 2.65. The lowest BCUT2D eigenvalue weighted by atomic mass is 10.1. The van der Waals surface area contributed by atoms with E-state index in [0.29, 0.717) is 5.56 Å². The third kappa shape index (κ3) is 3.74. The molecule has 0 aliphatic heterocycles. The lowest BCUT2D eigenvalue weighted by molar-refractivity contribution is -0.117. The molecule has 1 amide bonds. The molecule has 28 heavy (non-hydrogen) atoms. The van der Waals surface area contributed by atoms with Crippen molar-refractivity contribution in [1.82, 2.24) is 0 Å². The Kier molecular flexibility index (Phi) is 5.69. The fraction of sp³-hybridized carbons (Fsp3) is 0.222. The number of anilines is 1. The largest absolute Gasteiger partial charge is 0.494 e. The van der Waals surface area contributed by atoms with Gasteiger partial charge in [-0.25, -0.2) is 9.18 Å². The molecule has 148 valence electrons. The average Bonchev–Trinajstić information content (AvgIpc) is 3.19. The van der Waals surface area contributed by atoms with E-state index < -0.39 is 33.9 Å². The molecule has 10 heteroatoms. The van der Waals surface area contributed by atoms with Crippen LogP contribution in [0, 0.1) is 11.7 Å². The van der Waals surface area contributed by atoms with Gasteiger partial charge in [-0.2, -0.15) is 0 Å². The molecule has 2 aromatic rings. The number of ether oxygens (including phenoxy) is 1. The summed E-state index contributed by atoms with van der Waals surface area (Å²) in [6.07, 6.45) is 0. The van der Waals surface area contributed by atoms with Gasteiger partial charge in [-0.3, -0.25) is 4.79 Å². The van der Waals surface area contributed by atoms with Gasteiger partial charge in [0.05, 0.1) is 23.1 Å². The van der Waals surface area contributed by atoms with Gasteiger partial charge in [0.1, 0.15) is 15.7 Å². The van der Waals surface area contributed by atoms with E-state index in [9.17, 15) is 19.1 Å². The zero-order valence-electron chi connectivity index (χ0n) is 14.1. The summed E-state index contributed by atoms with van der Waals surface area (Å²) < 4.78 is 16.9. The molecule has 2 unspecified atom stereocenters. The number of methoxy groups -OCH3 is 1. The summed E-state index contributed by atoms with van der Waals surface area (Å²) in [6, 6.07) is 6.53. The lowest BCUT2D eigenvalue weighted by Crippen LogP contribution is -2.17. The number of alkyl halides is 2. The van der Waals surface area contributed by atoms with Crippen LogP contribution in [-0.2, 0) is 4.79 Å². The molecule has 0 aromatic heterocycles. The van der Waals surface area contributed by atoms with Crippen molar-refractivity contribution in [1.29, 1.82) is 0 Å². The molecular weight excluding hydrogens is 455 g/mol. The number of nitrogens with one attached hydrogen (secondary N) is 1. The Morgan fingerprint density at radius 1 is 1.18 bits per heavy atom. The second-order valence-corrected chi connectivity index (χ2v) is 8.40. The normalized spacial score (nSPS) is 19.8. The Morgan fingerprint density at radius 2 is 1.86 bits per heavy atom. The number of benzene rings is 2. The summed E-state index contributed by atoms with van der Waals surface area (Å²) in [4.78, 5) is 24.0. The second-order valence-electron chi connectivity index (χ2n) is 6.14. The van der Waals surface area contributed by atoms with E-state index in [1.54, 1.807) is 0 Å². The minimum absolute atomic E-state index is 0.0124. The van der Waals surface area contributed by atoms with E-state index in [4.69, 9.17) is 51.1 Å². The molecular formula is C18H12Cl4FNO4. The fourth-order valence-electron chi connectivity index (χ4n) is 3.03. The van der Waals surface area contributed by atoms with Crippen molar-refractivity contribution in [2.45, 2.75) is 10.3 Å². The molecule has 0 spiro atoms. The Balaban J connectivity index is 1.85. The number of carboxylic acids is 1. The van der Waals surface area contributed by atoms with E-state index in [-0.39, 0.29) is 27.0 Å². The van der Waals surface area contributed by atoms with Crippen molar-refractivity contribution in [3.8, 4) is 5.75 Å². The van der Waals surface area contributed by atoms with Crippen molar-refractivity contribution < 1.29 is 23.8 Å². The molecule has 1 aliphatic carbocycles. The zero-order chi connectivity index (χ0) is 20.8. The van der Waals surface area contributed by atoms with Crippen molar-refractivity contribution in [3.05, 3.63) is 57.3 Å². The van der Waals surface area contributed by atoms with Crippen LogP contribution < -0.4 is 10.1 Å². The number of carbonyl (C=O) groups excluding carboxylic acids is 1. The third-order valence-corrected chi connectivity index (χ3v) is 5.90. The Labute approximate surface area is 179 Å². The Bertz CT molecular complexity index is 982. The summed E-state index contributed by atoms with van der Waals surface area (Å²) in [7, 11) is 1.28. The van der Waals surface area contributed by atoms with Crippen LogP contribution in [-0.4, -0.2) is 28.4 Å². The highest BCUT2D eigenvalue weighted by Gasteiger charge is 2.67. The molecule has 2 N–H and O–H groups in total. The predicted octanol–water partition coefficient (Wildman–Crippen LogP) is 5.37. The summed E-state index contributed by atoms with van der Waals surface area (Å²) in [5, 5.41) is 11.7. The van der Waals surface area contributed by atoms with E-state index in [0.717, 1.165) is 6.07 Å². The summed E-state index contributed by atoms with van der Waals surface area (Å²) in [5.74, 6) is -3.91. The molecule has 0 radical (unpaired) electrons. The summed E-state index contributed by atoms with van der Waals surface area (Å²) in [6.45, 7) is 0. The number of halogens is 5. The van der Waals surface area contributed by atoms with Crippen LogP contribution in [0.3, 0.4) is 0 Å². The van der Waals surface area contributed by atoms with Crippen LogP contribution >= 0.6 is 46.4 Å². The smallest absolute Gasteiger partial charge is 0.339 e. The zero-order valence-corrected chi connectivity index (χ0v) is 17.1.